The first-order valence-electron chi connectivity index (χ1n) is 11.5. The highest BCUT2D eigenvalue weighted by atomic mass is 16.5. The van der Waals surface area contributed by atoms with Gasteiger partial charge >= 0.3 is 0 Å². The Kier molecular flexibility index (Phi) is 6.91. The van der Waals surface area contributed by atoms with E-state index in [9.17, 15) is 9.59 Å². The average molecular weight is 475 g/mol. The number of hydrogen-bond donors (Lipinski definition) is 1. The van der Waals surface area contributed by atoms with E-state index in [0.29, 0.717) is 35.7 Å². The summed E-state index contributed by atoms with van der Waals surface area (Å²) in [5.41, 5.74) is 5.59. The summed E-state index contributed by atoms with van der Waals surface area (Å²) < 4.78 is 14.0. The second kappa shape index (κ2) is 10.0. The molecule has 2 aromatic carbocycles. The Morgan fingerprint density at radius 2 is 1.83 bits per heavy atom. The number of amides is 1. The van der Waals surface area contributed by atoms with Gasteiger partial charge in [-0.15, -0.1) is 0 Å². The lowest BCUT2D eigenvalue weighted by Crippen LogP contribution is -2.28. The van der Waals surface area contributed by atoms with Crippen molar-refractivity contribution in [3.05, 3.63) is 81.3 Å². The van der Waals surface area contributed by atoms with Crippen LogP contribution in [0.4, 0.5) is 0 Å². The number of fused-ring (bicyclic) bond motifs is 1. The molecule has 2 heterocycles. The molecule has 0 aliphatic carbocycles. The van der Waals surface area contributed by atoms with Crippen molar-refractivity contribution in [1.82, 2.24) is 19.5 Å². The molecule has 0 fully saturated rings. The van der Waals surface area contributed by atoms with Crippen molar-refractivity contribution in [3.63, 3.8) is 0 Å². The third-order valence-electron chi connectivity index (χ3n) is 6.42. The van der Waals surface area contributed by atoms with Crippen molar-refractivity contribution in [2.75, 3.05) is 14.2 Å². The Hall–Kier alpha value is -4.07. The number of aromatic nitrogens is 3. The van der Waals surface area contributed by atoms with E-state index >= 15 is 0 Å². The van der Waals surface area contributed by atoms with Crippen LogP contribution < -0.4 is 20.3 Å². The average Bonchev–Trinajstić information content (AvgIpc) is 3.32. The van der Waals surface area contributed by atoms with Gasteiger partial charge in [0, 0.05) is 54.5 Å². The van der Waals surface area contributed by atoms with E-state index in [4.69, 9.17) is 9.47 Å². The molecule has 0 unspecified atom stereocenters. The summed E-state index contributed by atoms with van der Waals surface area (Å²) in [6.07, 6.45) is 0.506. The minimum atomic E-state index is -0.194. The molecule has 1 N–H and O–H groups in total. The number of methoxy groups -OCH3 is 2. The SMILES string of the molecule is COc1ccc(CNC(=O)CCc2c(C)n(C)c3cc(-c4ccccc4C)nn3c2=O)c(OC)c1. The second-order valence-corrected chi connectivity index (χ2v) is 8.50. The van der Waals surface area contributed by atoms with Gasteiger partial charge in [0.05, 0.1) is 19.9 Å². The molecule has 1 amide bonds. The minimum absolute atomic E-state index is 0.148. The highest BCUT2D eigenvalue weighted by molar-refractivity contribution is 5.76. The highest BCUT2D eigenvalue weighted by Crippen LogP contribution is 2.25. The molecule has 0 aliphatic rings. The van der Waals surface area contributed by atoms with Gasteiger partial charge in [-0.25, -0.2) is 0 Å². The third kappa shape index (κ3) is 4.77. The summed E-state index contributed by atoms with van der Waals surface area (Å²) >= 11 is 0. The fraction of sp³-hybridized carbons (Fsp3) is 0.296. The number of ether oxygens (including phenoxy) is 2. The van der Waals surface area contributed by atoms with E-state index in [1.54, 1.807) is 20.3 Å². The summed E-state index contributed by atoms with van der Waals surface area (Å²) in [4.78, 5) is 25.9. The molecule has 4 aromatic rings. The number of aryl methyl sites for hydroxylation is 2. The third-order valence-corrected chi connectivity index (χ3v) is 6.42. The number of rotatable bonds is 8. The van der Waals surface area contributed by atoms with E-state index < -0.39 is 0 Å². The van der Waals surface area contributed by atoms with Gasteiger partial charge < -0.3 is 19.4 Å². The van der Waals surface area contributed by atoms with Gasteiger partial charge in [0.15, 0.2) is 0 Å². The predicted octanol–water partition coefficient (Wildman–Crippen LogP) is 3.58. The normalized spacial score (nSPS) is 11.0. The molecule has 0 radical (unpaired) electrons. The first-order chi connectivity index (χ1) is 16.8. The van der Waals surface area contributed by atoms with Crippen LogP contribution in [-0.4, -0.2) is 34.3 Å². The Morgan fingerprint density at radius 1 is 1.06 bits per heavy atom. The van der Waals surface area contributed by atoms with E-state index in [0.717, 1.165) is 28.1 Å². The van der Waals surface area contributed by atoms with E-state index in [2.05, 4.69) is 10.4 Å². The van der Waals surface area contributed by atoms with Crippen LogP contribution >= 0.6 is 0 Å². The van der Waals surface area contributed by atoms with Crippen LogP contribution in [0.5, 0.6) is 11.5 Å². The lowest BCUT2D eigenvalue weighted by molar-refractivity contribution is -0.121. The molecule has 8 heteroatoms. The van der Waals surface area contributed by atoms with E-state index in [1.807, 2.05) is 67.9 Å². The van der Waals surface area contributed by atoms with Crippen LogP contribution in [0, 0.1) is 13.8 Å². The lowest BCUT2D eigenvalue weighted by atomic mass is 10.1. The molecule has 0 spiro atoms. The Bertz CT molecular complexity index is 1450. The predicted molar refractivity (Wildman–Crippen MR) is 135 cm³/mol. The van der Waals surface area contributed by atoms with Crippen molar-refractivity contribution in [3.8, 4) is 22.8 Å². The zero-order chi connectivity index (χ0) is 25.1. The number of carbonyl (C=O) groups excluding carboxylic acids is 1. The number of benzene rings is 2. The van der Waals surface area contributed by atoms with Crippen molar-refractivity contribution < 1.29 is 14.3 Å². The molecule has 0 aliphatic heterocycles. The van der Waals surface area contributed by atoms with Gasteiger partial charge in [0.25, 0.3) is 5.56 Å². The lowest BCUT2D eigenvalue weighted by Gasteiger charge is -2.13. The first kappa shape index (κ1) is 24.1. The van der Waals surface area contributed by atoms with Crippen LogP contribution in [0.25, 0.3) is 16.9 Å². The highest BCUT2D eigenvalue weighted by Gasteiger charge is 2.17. The Morgan fingerprint density at radius 3 is 2.54 bits per heavy atom. The maximum atomic E-state index is 13.3. The molecule has 182 valence electrons. The summed E-state index contributed by atoms with van der Waals surface area (Å²) in [7, 11) is 5.08. The summed E-state index contributed by atoms with van der Waals surface area (Å²) in [5, 5.41) is 7.51. The summed E-state index contributed by atoms with van der Waals surface area (Å²) in [5.74, 6) is 1.18. The molecular formula is C27H30N4O4. The molecule has 35 heavy (non-hydrogen) atoms. The first-order valence-corrected chi connectivity index (χ1v) is 11.5. The zero-order valence-corrected chi connectivity index (χ0v) is 20.7. The number of carbonyl (C=O) groups is 1. The number of nitrogens with one attached hydrogen (secondary N) is 1. The van der Waals surface area contributed by atoms with Gasteiger partial charge in [-0.3, -0.25) is 9.59 Å². The maximum absolute atomic E-state index is 13.3. The van der Waals surface area contributed by atoms with Crippen molar-refractivity contribution in [2.45, 2.75) is 33.2 Å². The van der Waals surface area contributed by atoms with Crippen molar-refractivity contribution in [2.24, 2.45) is 7.05 Å². The summed E-state index contributed by atoms with van der Waals surface area (Å²) in [6, 6.07) is 15.3. The quantitative estimate of drug-likeness (QED) is 0.422. The molecule has 0 bridgehead atoms. The van der Waals surface area contributed by atoms with Crippen LogP contribution in [0.2, 0.25) is 0 Å². The molecule has 4 rings (SSSR count). The van der Waals surface area contributed by atoms with Gasteiger partial charge in [-0.05, 0) is 38.0 Å². The fourth-order valence-electron chi connectivity index (χ4n) is 4.21. The molecule has 2 aromatic heterocycles. The summed E-state index contributed by atoms with van der Waals surface area (Å²) in [6.45, 7) is 4.24. The molecule has 0 atom stereocenters. The molecule has 0 saturated heterocycles. The van der Waals surface area contributed by atoms with E-state index in [1.165, 1.54) is 4.52 Å². The van der Waals surface area contributed by atoms with Crippen LogP contribution in [0.3, 0.4) is 0 Å². The standard InChI is InChI=1S/C27H30N4O4/c1-17-8-6-7-9-21(17)23-15-26-30(3)18(2)22(27(33)31(26)29-23)12-13-25(32)28-16-19-10-11-20(34-4)14-24(19)35-5/h6-11,14-15H,12-13,16H2,1-5H3,(H,28,32). The Balaban J connectivity index is 1.52. The number of nitrogens with zero attached hydrogens (tertiary/aromatic N) is 3. The van der Waals surface area contributed by atoms with Gasteiger partial charge in [0.2, 0.25) is 5.91 Å². The smallest absolute Gasteiger partial charge is 0.277 e. The van der Waals surface area contributed by atoms with Crippen LogP contribution in [0.15, 0.2) is 53.3 Å². The number of hydrogen-bond acceptors (Lipinski definition) is 5. The van der Waals surface area contributed by atoms with Crippen LogP contribution in [0.1, 0.15) is 28.8 Å². The minimum Gasteiger partial charge on any atom is -0.497 e. The second-order valence-electron chi connectivity index (χ2n) is 8.50. The van der Waals surface area contributed by atoms with Crippen molar-refractivity contribution in [1.29, 1.82) is 0 Å². The fourth-order valence-corrected chi connectivity index (χ4v) is 4.21. The maximum Gasteiger partial charge on any atom is 0.277 e. The molecular weight excluding hydrogens is 444 g/mol. The monoisotopic (exact) mass is 474 g/mol. The molecule has 8 nitrogen and oxygen atoms in total. The van der Waals surface area contributed by atoms with Gasteiger partial charge in [-0.2, -0.15) is 9.61 Å². The molecule has 0 saturated carbocycles. The van der Waals surface area contributed by atoms with E-state index in [-0.39, 0.29) is 17.9 Å². The van der Waals surface area contributed by atoms with Crippen molar-refractivity contribution >= 4 is 11.6 Å². The van der Waals surface area contributed by atoms with Gasteiger partial charge in [0.1, 0.15) is 17.1 Å². The topological polar surface area (TPSA) is 86.9 Å². The van der Waals surface area contributed by atoms with Crippen LogP contribution in [-0.2, 0) is 24.8 Å². The zero-order valence-electron chi connectivity index (χ0n) is 20.7. The largest absolute Gasteiger partial charge is 0.497 e. The van der Waals surface area contributed by atoms with Gasteiger partial charge in [-0.1, -0.05) is 24.3 Å². The Labute approximate surface area is 204 Å².